The molecule has 7 heteroatoms. The maximum atomic E-state index is 12.1. The predicted octanol–water partition coefficient (Wildman–Crippen LogP) is 1.03. The molecule has 0 aromatic rings. The van der Waals surface area contributed by atoms with Crippen molar-refractivity contribution in [3.05, 3.63) is 0 Å². The van der Waals surface area contributed by atoms with Gasteiger partial charge in [-0.15, -0.1) is 0 Å². The maximum Gasteiger partial charge on any atom is 0.401 e. The minimum atomic E-state index is -4.16. The highest BCUT2D eigenvalue weighted by molar-refractivity contribution is 5.67. The molecule has 0 amide bonds. The molecule has 4 nitrogen and oxygen atoms in total. The van der Waals surface area contributed by atoms with Gasteiger partial charge in [-0.2, -0.15) is 13.2 Å². The van der Waals surface area contributed by atoms with Crippen LogP contribution >= 0.6 is 0 Å². The number of carboxylic acids is 1. The molecule has 0 aromatic heterocycles. The third-order valence-electron chi connectivity index (χ3n) is 2.90. The van der Waals surface area contributed by atoms with Crippen molar-refractivity contribution in [2.24, 2.45) is 0 Å². The Balaban J connectivity index is 2.33. The fourth-order valence-corrected chi connectivity index (χ4v) is 2.00. The standard InChI is InChI=1S/C10H17F3N2O2/c1-8(6-9(16)17)15-4-2-14(3-5-15)7-10(11,12)13/h8H,2-7H2,1H3,(H,16,17). The van der Waals surface area contributed by atoms with Crippen LogP contribution in [0.25, 0.3) is 0 Å². The normalized spacial score (nSPS) is 21.4. The molecule has 1 unspecified atom stereocenters. The van der Waals surface area contributed by atoms with E-state index < -0.39 is 18.7 Å². The molecule has 100 valence electrons. The Morgan fingerprint density at radius 3 is 2.24 bits per heavy atom. The van der Waals surface area contributed by atoms with Gasteiger partial charge in [0.05, 0.1) is 13.0 Å². The number of alkyl halides is 3. The van der Waals surface area contributed by atoms with Gasteiger partial charge in [-0.05, 0) is 6.92 Å². The first kappa shape index (κ1) is 14.2. The molecule has 0 aliphatic carbocycles. The molecule has 0 bridgehead atoms. The molecular weight excluding hydrogens is 237 g/mol. The Morgan fingerprint density at radius 2 is 1.82 bits per heavy atom. The highest BCUT2D eigenvalue weighted by atomic mass is 19.4. The Hall–Kier alpha value is -0.820. The summed E-state index contributed by atoms with van der Waals surface area (Å²) in [7, 11) is 0. The molecule has 0 radical (unpaired) electrons. The van der Waals surface area contributed by atoms with Gasteiger partial charge in [0.15, 0.2) is 0 Å². The van der Waals surface area contributed by atoms with Gasteiger partial charge in [-0.3, -0.25) is 14.6 Å². The summed E-state index contributed by atoms with van der Waals surface area (Å²) < 4.78 is 36.4. The zero-order valence-electron chi connectivity index (χ0n) is 9.70. The Bertz CT molecular complexity index is 263. The molecule has 0 saturated carbocycles. The lowest BCUT2D eigenvalue weighted by atomic mass is 10.1. The van der Waals surface area contributed by atoms with Gasteiger partial charge >= 0.3 is 12.1 Å². The van der Waals surface area contributed by atoms with Crippen molar-refractivity contribution in [2.45, 2.75) is 25.6 Å². The van der Waals surface area contributed by atoms with Crippen LogP contribution in [0.4, 0.5) is 13.2 Å². The molecular formula is C10H17F3N2O2. The van der Waals surface area contributed by atoms with Gasteiger partial charge in [0, 0.05) is 32.2 Å². The molecule has 1 aliphatic rings. The van der Waals surface area contributed by atoms with Crippen LogP contribution < -0.4 is 0 Å². The Kier molecular flexibility index (Phi) is 4.76. The van der Waals surface area contributed by atoms with Crippen molar-refractivity contribution in [1.82, 2.24) is 9.80 Å². The second kappa shape index (κ2) is 5.68. The molecule has 1 atom stereocenters. The summed E-state index contributed by atoms with van der Waals surface area (Å²) in [6.07, 6.45) is -4.13. The molecule has 1 saturated heterocycles. The molecule has 17 heavy (non-hydrogen) atoms. The highest BCUT2D eigenvalue weighted by Crippen LogP contribution is 2.18. The summed E-state index contributed by atoms with van der Waals surface area (Å²) >= 11 is 0. The largest absolute Gasteiger partial charge is 0.481 e. The van der Waals surface area contributed by atoms with E-state index in [9.17, 15) is 18.0 Å². The van der Waals surface area contributed by atoms with Gasteiger partial charge in [0.25, 0.3) is 0 Å². The Labute approximate surface area is 98.0 Å². The fourth-order valence-electron chi connectivity index (χ4n) is 2.00. The van der Waals surface area contributed by atoms with Crippen LogP contribution in [0.15, 0.2) is 0 Å². The minimum Gasteiger partial charge on any atom is -0.481 e. The molecule has 1 fully saturated rings. The van der Waals surface area contributed by atoms with E-state index in [0.29, 0.717) is 26.2 Å². The zero-order valence-corrected chi connectivity index (χ0v) is 9.70. The van der Waals surface area contributed by atoms with E-state index in [1.54, 1.807) is 6.92 Å². The van der Waals surface area contributed by atoms with E-state index in [-0.39, 0.29) is 12.5 Å². The second-order valence-corrected chi connectivity index (χ2v) is 4.37. The van der Waals surface area contributed by atoms with Crippen LogP contribution in [-0.4, -0.2) is 65.8 Å². The first-order valence-electron chi connectivity index (χ1n) is 5.53. The quantitative estimate of drug-likeness (QED) is 0.813. The van der Waals surface area contributed by atoms with Gasteiger partial charge in [0.2, 0.25) is 0 Å². The lowest BCUT2D eigenvalue weighted by Gasteiger charge is -2.37. The number of rotatable bonds is 4. The zero-order chi connectivity index (χ0) is 13.1. The van der Waals surface area contributed by atoms with E-state index in [4.69, 9.17) is 5.11 Å². The molecule has 1 aliphatic heterocycles. The van der Waals surface area contributed by atoms with Crippen molar-refractivity contribution in [3.63, 3.8) is 0 Å². The minimum absolute atomic E-state index is 0.0271. The first-order valence-corrected chi connectivity index (χ1v) is 5.53. The topological polar surface area (TPSA) is 43.8 Å². The summed E-state index contributed by atoms with van der Waals surface area (Å²) in [5, 5.41) is 8.63. The smallest absolute Gasteiger partial charge is 0.401 e. The van der Waals surface area contributed by atoms with Crippen LogP contribution in [0, 0.1) is 0 Å². The summed E-state index contributed by atoms with van der Waals surface area (Å²) in [4.78, 5) is 13.8. The Morgan fingerprint density at radius 1 is 1.29 bits per heavy atom. The number of piperazine rings is 1. The molecule has 1 rings (SSSR count). The fraction of sp³-hybridized carbons (Fsp3) is 0.900. The van der Waals surface area contributed by atoms with Gasteiger partial charge in [-0.1, -0.05) is 0 Å². The van der Waals surface area contributed by atoms with Gasteiger partial charge in [0.1, 0.15) is 0 Å². The van der Waals surface area contributed by atoms with Gasteiger partial charge in [-0.25, -0.2) is 0 Å². The van der Waals surface area contributed by atoms with E-state index >= 15 is 0 Å². The first-order chi connectivity index (χ1) is 7.78. The van der Waals surface area contributed by atoms with E-state index in [1.807, 2.05) is 4.90 Å². The van der Waals surface area contributed by atoms with Crippen molar-refractivity contribution in [3.8, 4) is 0 Å². The van der Waals surface area contributed by atoms with E-state index in [2.05, 4.69) is 0 Å². The number of aliphatic carboxylic acids is 1. The summed E-state index contributed by atoms with van der Waals surface area (Å²) in [5.41, 5.74) is 0. The van der Waals surface area contributed by atoms with E-state index in [1.165, 1.54) is 4.90 Å². The van der Waals surface area contributed by atoms with E-state index in [0.717, 1.165) is 0 Å². The number of nitrogens with zero attached hydrogens (tertiary/aromatic N) is 2. The van der Waals surface area contributed by atoms with Crippen LogP contribution in [-0.2, 0) is 4.79 Å². The predicted molar refractivity (Wildman–Crippen MR) is 55.8 cm³/mol. The van der Waals surface area contributed by atoms with Crippen LogP contribution in [0.1, 0.15) is 13.3 Å². The summed E-state index contributed by atoms with van der Waals surface area (Å²) in [6.45, 7) is 2.56. The second-order valence-electron chi connectivity index (χ2n) is 4.37. The van der Waals surface area contributed by atoms with Crippen molar-refractivity contribution >= 4 is 5.97 Å². The van der Waals surface area contributed by atoms with Crippen LogP contribution in [0.5, 0.6) is 0 Å². The van der Waals surface area contributed by atoms with Crippen molar-refractivity contribution in [1.29, 1.82) is 0 Å². The van der Waals surface area contributed by atoms with Crippen molar-refractivity contribution in [2.75, 3.05) is 32.7 Å². The number of halogens is 3. The molecule has 1 N–H and O–H groups in total. The van der Waals surface area contributed by atoms with Crippen molar-refractivity contribution < 1.29 is 23.1 Å². The highest BCUT2D eigenvalue weighted by Gasteiger charge is 2.32. The van der Waals surface area contributed by atoms with Crippen LogP contribution in [0.3, 0.4) is 0 Å². The third kappa shape index (κ3) is 5.36. The summed E-state index contributed by atoms with van der Waals surface area (Å²) in [5.74, 6) is -0.879. The van der Waals surface area contributed by atoms with Crippen LogP contribution in [0.2, 0.25) is 0 Å². The molecule has 0 aromatic carbocycles. The lowest BCUT2D eigenvalue weighted by molar-refractivity contribution is -0.150. The molecule has 0 spiro atoms. The average Bonchev–Trinajstić information content (AvgIpc) is 2.15. The number of carboxylic acid groups (broad SMARTS) is 1. The lowest BCUT2D eigenvalue weighted by Crippen LogP contribution is -2.51. The number of hydrogen-bond donors (Lipinski definition) is 1. The van der Waals surface area contributed by atoms with Gasteiger partial charge < -0.3 is 5.11 Å². The molecule has 1 heterocycles. The maximum absolute atomic E-state index is 12.1. The number of carbonyl (C=O) groups is 1. The SMILES string of the molecule is CC(CC(=O)O)N1CCN(CC(F)(F)F)CC1. The monoisotopic (exact) mass is 254 g/mol. The third-order valence-corrected chi connectivity index (χ3v) is 2.90. The number of hydrogen-bond acceptors (Lipinski definition) is 3. The summed E-state index contributed by atoms with van der Waals surface area (Å²) in [6, 6.07) is -0.125. The average molecular weight is 254 g/mol.